The van der Waals surface area contributed by atoms with E-state index in [0.29, 0.717) is 12.4 Å². The van der Waals surface area contributed by atoms with Crippen LogP contribution in [0.25, 0.3) is 0 Å². The number of alkyl carbamates (subject to hydrolysis) is 1. The van der Waals surface area contributed by atoms with Crippen LogP contribution in [-0.2, 0) is 4.74 Å². The van der Waals surface area contributed by atoms with Gasteiger partial charge < -0.3 is 14.8 Å². The van der Waals surface area contributed by atoms with Crippen LogP contribution in [0.1, 0.15) is 38.1 Å². The number of halogens is 2. The fourth-order valence-corrected chi connectivity index (χ4v) is 1.58. The van der Waals surface area contributed by atoms with Crippen molar-refractivity contribution in [1.29, 1.82) is 0 Å². The standard InChI is InChI=1S/C15H19F2NO4/c1-9(18-14(20)22-15(2,3)4)8-21-13-10(7-19)5-11(16)6-12(13)17/h5-7,9H,8H2,1-4H3,(H,18,20)/t9-/m1/s1. The van der Waals surface area contributed by atoms with E-state index in [1.807, 2.05) is 0 Å². The first-order valence-corrected chi connectivity index (χ1v) is 6.69. The average Bonchev–Trinajstić information content (AvgIpc) is 2.34. The van der Waals surface area contributed by atoms with Crippen LogP contribution in [0.15, 0.2) is 12.1 Å². The number of benzene rings is 1. The number of ether oxygens (including phenoxy) is 2. The van der Waals surface area contributed by atoms with E-state index < -0.39 is 29.4 Å². The Bertz CT molecular complexity index is 555. The van der Waals surface area contributed by atoms with Crippen LogP contribution in [0.4, 0.5) is 13.6 Å². The minimum atomic E-state index is -0.980. The quantitative estimate of drug-likeness (QED) is 0.848. The molecule has 1 N–H and O–H groups in total. The van der Waals surface area contributed by atoms with Gasteiger partial charge in [-0.3, -0.25) is 4.79 Å². The smallest absolute Gasteiger partial charge is 0.407 e. The topological polar surface area (TPSA) is 64.6 Å². The molecule has 1 amide bonds. The van der Waals surface area contributed by atoms with Crippen molar-refractivity contribution in [3.05, 3.63) is 29.3 Å². The fourth-order valence-electron chi connectivity index (χ4n) is 1.58. The number of carbonyl (C=O) groups excluding carboxylic acids is 2. The van der Waals surface area contributed by atoms with E-state index in [1.165, 1.54) is 0 Å². The zero-order valence-corrected chi connectivity index (χ0v) is 12.9. The predicted molar refractivity (Wildman–Crippen MR) is 76.1 cm³/mol. The molecule has 0 heterocycles. The Labute approximate surface area is 127 Å². The lowest BCUT2D eigenvalue weighted by molar-refractivity contribution is 0.0493. The van der Waals surface area contributed by atoms with Gasteiger partial charge in [-0.15, -0.1) is 0 Å². The maximum absolute atomic E-state index is 13.6. The molecule has 0 aliphatic heterocycles. The lowest BCUT2D eigenvalue weighted by atomic mass is 10.2. The Morgan fingerprint density at radius 2 is 2.00 bits per heavy atom. The highest BCUT2D eigenvalue weighted by atomic mass is 19.1. The molecule has 0 saturated heterocycles. The first kappa shape index (κ1) is 17.9. The number of nitrogens with one attached hydrogen (secondary N) is 1. The van der Waals surface area contributed by atoms with Crippen LogP contribution in [0.2, 0.25) is 0 Å². The van der Waals surface area contributed by atoms with Crippen molar-refractivity contribution >= 4 is 12.4 Å². The van der Waals surface area contributed by atoms with Crippen LogP contribution in [0.5, 0.6) is 5.75 Å². The Balaban J connectivity index is 2.63. The summed E-state index contributed by atoms with van der Waals surface area (Å²) in [5.74, 6) is -2.20. The molecular weight excluding hydrogens is 296 g/mol. The molecule has 1 atom stereocenters. The van der Waals surface area contributed by atoms with E-state index in [9.17, 15) is 18.4 Å². The molecule has 122 valence electrons. The monoisotopic (exact) mass is 315 g/mol. The van der Waals surface area contributed by atoms with Gasteiger partial charge in [-0.25, -0.2) is 13.6 Å². The summed E-state index contributed by atoms with van der Waals surface area (Å²) in [7, 11) is 0. The second-order valence-corrected chi connectivity index (χ2v) is 5.78. The largest absolute Gasteiger partial charge is 0.488 e. The number of aldehydes is 1. The van der Waals surface area contributed by atoms with E-state index >= 15 is 0 Å². The molecule has 5 nitrogen and oxygen atoms in total. The molecule has 0 saturated carbocycles. The molecule has 0 radical (unpaired) electrons. The molecule has 1 aromatic carbocycles. The Kier molecular flexibility index (Phi) is 5.84. The summed E-state index contributed by atoms with van der Waals surface area (Å²) >= 11 is 0. The third-order valence-corrected chi connectivity index (χ3v) is 2.40. The van der Waals surface area contributed by atoms with Crippen LogP contribution in [-0.4, -0.2) is 30.6 Å². The molecule has 22 heavy (non-hydrogen) atoms. The van der Waals surface area contributed by atoms with Crippen LogP contribution in [0, 0.1) is 11.6 Å². The third-order valence-electron chi connectivity index (χ3n) is 2.40. The molecule has 1 aromatic rings. The van der Waals surface area contributed by atoms with Crippen molar-refractivity contribution in [1.82, 2.24) is 5.32 Å². The molecule has 0 fully saturated rings. The van der Waals surface area contributed by atoms with Gasteiger partial charge in [0.2, 0.25) is 0 Å². The van der Waals surface area contributed by atoms with Crippen molar-refractivity contribution in [2.45, 2.75) is 39.3 Å². The molecule has 0 spiro atoms. The fraction of sp³-hybridized carbons (Fsp3) is 0.467. The maximum atomic E-state index is 13.6. The lowest BCUT2D eigenvalue weighted by Crippen LogP contribution is -2.40. The SMILES string of the molecule is C[C@H](COc1c(F)cc(F)cc1C=O)NC(=O)OC(C)(C)C. The van der Waals surface area contributed by atoms with Gasteiger partial charge in [0.25, 0.3) is 0 Å². The first-order valence-electron chi connectivity index (χ1n) is 6.69. The Morgan fingerprint density at radius 3 is 2.55 bits per heavy atom. The molecule has 0 aromatic heterocycles. The van der Waals surface area contributed by atoms with Gasteiger partial charge in [0.05, 0.1) is 11.6 Å². The van der Waals surface area contributed by atoms with Crippen LogP contribution < -0.4 is 10.1 Å². The summed E-state index contributed by atoms with van der Waals surface area (Å²) in [6, 6.07) is 0.991. The number of amides is 1. The van der Waals surface area contributed by atoms with Crippen LogP contribution >= 0.6 is 0 Å². The van der Waals surface area contributed by atoms with Gasteiger partial charge in [0, 0.05) is 6.07 Å². The van der Waals surface area contributed by atoms with Gasteiger partial charge in [-0.05, 0) is 33.8 Å². The van der Waals surface area contributed by atoms with E-state index in [1.54, 1.807) is 27.7 Å². The lowest BCUT2D eigenvalue weighted by Gasteiger charge is -2.22. The maximum Gasteiger partial charge on any atom is 0.407 e. The summed E-state index contributed by atoms with van der Waals surface area (Å²) in [6.07, 6.45) is -0.341. The normalized spacial score (nSPS) is 12.5. The van der Waals surface area contributed by atoms with Crippen molar-refractivity contribution in [3.63, 3.8) is 0 Å². The van der Waals surface area contributed by atoms with E-state index in [4.69, 9.17) is 9.47 Å². The zero-order valence-electron chi connectivity index (χ0n) is 12.9. The van der Waals surface area contributed by atoms with E-state index in [0.717, 1.165) is 6.07 Å². The minimum absolute atomic E-state index is 0.108. The van der Waals surface area contributed by atoms with Crippen molar-refractivity contribution < 1.29 is 27.8 Å². The number of hydrogen-bond acceptors (Lipinski definition) is 4. The highest BCUT2D eigenvalue weighted by molar-refractivity contribution is 5.79. The molecule has 0 aliphatic carbocycles. The summed E-state index contributed by atoms with van der Waals surface area (Å²) in [4.78, 5) is 22.4. The van der Waals surface area contributed by atoms with Gasteiger partial charge in [-0.2, -0.15) is 0 Å². The second kappa shape index (κ2) is 7.20. The summed E-state index contributed by atoms with van der Waals surface area (Å²) < 4.78 is 36.8. The summed E-state index contributed by atoms with van der Waals surface area (Å²) in [5, 5.41) is 2.50. The van der Waals surface area contributed by atoms with Gasteiger partial charge >= 0.3 is 6.09 Å². The first-order chi connectivity index (χ1) is 10.1. The van der Waals surface area contributed by atoms with Crippen molar-refractivity contribution in [2.75, 3.05) is 6.61 Å². The Hall–Kier alpha value is -2.18. The molecule has 1 rings (SSSR count). The van der Waals surface area contributed by atoms with Crippen LogP contribution in [0.3, 0.4) is 0 Å². The van der Waals surface area contributed by atoms with Gasteiger partial charge in [-0.1, -0.05) is 0 Å². The number of carbonyl (C=O) groups is 2. The summed E-state index contributed by atoms with van der Waals surface area (Å²) in [6.45, 7) is 6.67. The molecule has 0 unspecified atom stereocenters. The second-order valence-electron chi connectivity index (χ2n) is 5.78. The van der Waals surface area contributed by atoms with E-state index in [2.05, 4.69) is 5.32 Å². The van der Waals surface area contributed by atoms with Gasteiger partial charge in [0.1, 0.15) is 18.0 Å². The minimum Gasteiger partial charge on any atom is -0.488 e. The average molecular weight is 315 g/mol. The van der Waals surface area contributed by atoms with Crippen molar-refractivity contribution in [3.8, 4) is 5.75 Å². The molecule has 0 bridgehead atoms. The predicted octanol–water partition coefficient (Wildman–Crippen LogP) is 3.07. The molecule has 7 heteroatoms. The highest BCUT2D eigenvalue weighted by Gasteiger charge is 2.19. The zero-order chi connectivity index (χ0) is 16.9. The molecular formula is C15H19F2NO4. The van der Waals surface area contributed by atoms with E-state index in [-0.39, 0.29) is 17.9 Å². The number of rotatable bonds is 5. The Morgan fingerprint density at radius 1 is 1.36 bits per heavy atom. The highest BCUT2D eigenvalue weighted by Crippen LogP contribution is 2.23. The molecule has 0 aliphatic rings. The number of hydrogen-bond donors (Lipinski definition) is 1. The van der Waals surface area contributed by atoms with Gasteiger partial charge in [0.15, 0.2) is 17.9 Å². The van der Waals surface area contributed by atoms with Crippen molar-refractivity contribution in [2.24, 2.45) is 0 Å². The summed E-state index contributed by atoms with van der Waals surface area (Å²) in [5.41, 5.74) is -0.875. The third kappa shape index (κ3) is 5.67.